The van der Waals surface area contributed by atoms with E-state index in [1.807, 2.05) is 6.92 Å². The third kappa shape index (κ3) is 3.69. The van der Waals surface area contributed by atoms with Gasteiger partial charge in [0.05, 0.1) is 4.90 Å². The van der Waals surface area contributed by atoms with Crippen LogP contribution in [0.2, 0.25) is 0 Å². The summed E-state index contributed by atoms with van der Waals surface area (Å²) in [5.74, 6) is -1.04. The van der Waals surface area contributed by atoms with Crippen molar-refractivity contribution in [3.05, 3.63) is 29.6 Å². The topological polar surface area (TPSA) is 60.2 Å². The predicted molar refractivity (Wildman–Crippen MR) is 66.2 cm³/mol. The van der Waals surface area contributed by atoms with Gasteiger partial charge in [0, 0.05) is 6.04 Å². The molecule has 0 radical (unpaired) electrons. The molecule has 3 nitrogen and oxygen atoms in total. The summed E-state index contributed by atoms with van der Waals surface area (Å²) in [6.45, 7) is 1.85. The second-order valence-corrected chi connectivity index (χ2v) is 6.36. The number of sulfone groups is 1. The van der Waals surface area contributed by atoms with E-state index in [1.54, 1.807) is 0 Å². The van der Waals surface area contributed by atoms with Gasteiger partial charge in [0.1, 0.15) is 5.82 Å². The lowest BCUT2D eigenvalue weighted by Gasteiger charge is -2.15. The van der Waals surface area contributed by atoms with Crippen LogP contribution < -0.4 is 5.73 Å². The highest BCUT2D eigenvalue weighted by Crippen LogP contribution is 2.33. The largest absolute Gasteiger partial charge is 0.501 e. The fraction of sp³-hybridized carbons (Fsp3) is 0.500. The normalized spacial score (nSPS) is 14.3. The number of nitrogens with two attached hydrogens (primary N) is 1. The van der Waals surface area contributed by atoms with Gasteiger partial charge >= 0.3 is 5.51 Å². The number of benzene rings is 1. The Morgan fingerprint density at radius 1 is 1.30 bits per heavy atom. The average Bonchev–Trinajstić information content (AvgIpc) is 2.30. The Bertz CT molecular complexity index is 569. The van der Waals surface area contributed by atoms with Crippen molar-refractivity contribution >= 4 is 9.84 Å². The molecular formula is C12H15F4NO2S. The first-order valence-electron chi connectivity index (χ1n) is 5.95. The lowest BCUT2D eigenvalue weighted by molar-refractivity contribution is -0.0436. The van der Waals surface area contributed by atoms with Crippen LogP contribution in [0, 0.1) is 5.82 Å². The molecule has 1 unspecified atom stereocenters. The number of alkyl halides is 3. The molecule has 1 aromatic rings. The average molecular weight is 313 g/mol. The fourth-order valence-electron chi connectivity index (χ4n) is 1.83. The summed E-state index contributed by atoms with van der Waals surface area (Å²) in [7, 11) is -5.59. The van der Waals surface area contributed by atoms with Crippen molar-refractivity contribution in [1.29, 1.82) is 0 Å². The quantitative estimate of drug-likeness (QED) is 0.850. The second kappa shape index (κ2) is 6.09. The van der Waals surface area contributed by atoms with E-state index in [0.29, 0.717) is 18.9 Å². The van der Waals surface area contributed by atoms with Gasteiger partial charge in [-0.15, -0.1) is 0 Å². The van der Waals surface area contributed by atoms with Crippen molar-refractivity contribution in [3.63, 3.8) is 0 Å². The van der Waals surface area contributed by atoms with Crippen LogP contribution in [0.15, 0.2) is 23.1 Å². The second-order valence-electron chi connectivity index (χ2n) is 4.45. The van der Waals surface area contributed by atoms with Crippen LogP contribution in [0.3, 0.4) is 0 Å². The highest BCUT2D eigenvalue weighted by atomic mass is 32.2. The molecule has 8 heteroatoms. The summed E-state index contributed by atoms with van der Waals surface area (Å²) in [5.41, 5.74) is 0.117. The lowest BCUT2D eigenvalue weighted by atomic mass is 10.0. The molecule has 0 aliphatic heterocycles. The molecule has 114 valence electrons. The minimum Gasteiger partial charge on any atom is -0.327 e. The summed E-state index contributed by atoms with van der Waals surface area (Å²) in [6.07, 6.45) is 1.19. The van der Waals surface area contributed by atoms with E-state index >= 15 is 0 Å². The third-order valence-electron chi connectivity index (χ3n) is 2.77. The first-order valence-corrected chi connectivity index (χ1v) is 7.43. The minimum absolute atomic E-state index is 0.0568. The van der Waals surface area contributed by atoms with Crippen molar-refractivity contribution in [3.8, 4) is 0 Å². The van der Waals surface area contributed by atoms with E-state index in [1.165, 1.54) is 0 Å². The molecule has 0 heterocycles. The number of hydrogen-bond donors (Lipinski definition) is 1. The minimum atomic E-state index is -5.59. The zero-order valence-electron chi connectivity index (χ0n) is 10.7. The molecule has 1 aromatic carbocycles. The zero-order chi connectivity index (χ0) is 15.6. The monoisotopic (exact) mass is 313 g/mol. The molecule has 0 bridgehead atoms. The molecule has 20 heavy (non-hydrogen) atoms. The van der Waals surface area contributed by atoms with Gasteiger partial charge in [-0.05, 0) is 30.5 Å². The summed E-state index contributed by atoms with van der Waals surface area (Å²) < 4.78 is 73.7. The van der Waals surface area contributed by atoms with Gasteiger partial charge in [-0.3, -0.25) is 0 Å². The summed E-state index contributed by atoms with van der Waals surface area (Å²) >= 11 is 0. The highest BCUT2D eigenvalue weighted by Gasteiger charge is 2.48. The molecule has 0 fully saturated rings. The Labute approximate surface area is 114 Å². The number of halogens is 4. The van der Waals surface area contributed by atoms with Gasteiger partial charge in [0.25, 0.3) is 9.84 Å². The molecule has 0 saturated carbocycles. The van der Waals surface area contributed by atoms with Crippen LogP contribution in [0.5, 0.6) is 0 Å². The molecule has 0 aromatic heterocycles. The van der Waals surface area contributed by atoms with Gasteiger partial charge in [0.15, 0.2) is 0 Å². The van der Waals surface area contributed by atoms with E-state index in [0.717, 1.165) is 12.1 Å². The Balaban J connectivity index is 3.29. The first-order chi connectivity index (χ1) is 9.09. The Hall–Kier alpha value is -1.15. The zero-order valence-corrected chi connectivity index (χ0v) is 11.6. The van der Waals surface area contributed by atoms with Gasteiger partial charge in [0.2, 0.25) is 0 Å². The van der Waals surface area contributed by atoms with Gasteiger partial charge in [-0.2, -0.15) is 13.2 Å². The molecule has 0 saturated heterocycles. The van der Waals surface area contributed by atoms with E-state index in [4.69, 9.17) is 5.73 Å². The van der Waals surface area contributed by atoms with E-state index < -0.39 is 32.1 Å². The number of hydrogen-bond acceptors (Lipinski definition) is 3. The van der Waals surface area contributed by atoms with Crippen molar-refractivity contribution in [2.24, 2.45) is 5.73 Å². The Morgan fingerprint density at radius 3 is 2.40 bits per heavy atom. The molecule has 1 atom stereocenters. The Kier molecular flexibility index (Phi) is 5.15. The Morgan fingerprint density at radius 2 is 1.90 bits per heavy atom. The molecule has 2 N–H and O–H groups in total. The predicted octanol–water partition coefficient (Wildman–Crippen LogP) is 2.79. The SMILES string of the molecule is CCCC(N)Cc1ccc(F)cc1S(=O)(=O)C(F)(F)F. The van der Waals surface area contributed by atoms with Gasteiger partial charge in [-0.1, -0.05) is 19.4 Å². The lowest BCUT2D eigenvalue weighted by Crippen LogP contribution is -2.27. The van der Waals surface area contributed by atoms with E-state index in [9.17, 15) is 26.0 Å². The van der Waals surface area contributed by atoms with Crippen LogP contribution in [0.4, 0.5) is 17.6 Å². The first kappa shape index (κ1) is 16.9. The van der Waals surface area contributed by atoms with Crippen molar-refractivity contribution in [2.45, 2.75) is 42.6 Å². The number of rotatable bonds is 5. The smallest absolute Gasteiger partial charge is 0.327 e. The molecule has 0 aliphatic carbocycles. The maximum absolute atomic E-state index is 13.1. The van der Waals surface area contributed by atoms with Crippen molar-refractivity contribution < 1.29 is 26.0 Å². The standard InChI is InChI=1S/C12H15F4NO2S/c1-2-3-10(17)6-8-4-5-9(13)7-11(8)20(18,19)12(14,15)16/h4-5,7,10H,2-3,6,17H2,1H3. The van der Waals surface area contributed by atoms with Crippen molar-refractivity contribution in [1.82, 2.24) is 0 Å². The highest BCUT2D eigenvalue weighted by molar-refractivity contribution is 7.92. The van der Waals surface area contributed by atoms with Crippen LogP contribution in [-0.4, -0.2) is 20.0 Å². The van der Waals surface area contributed by atoms with Crippen LogP contribution in [0.25, 0.3) is 0 Å². The van der Waals surface area contributed by atoms with Crippen LogP contribution in [-0.2, 0) is 16.3 Å². The summed E-state index contributed by atoms with van der Waals surface area (Å²) in [6, 6.07) is 1.86. The van der Waals surface area contributed by atoms with E-state index in [-0.39, 0.29) is 12.0 Å². The summed E-state index contributed by atoms with van der Waals surface area (Å²) in [4.78, 5) is -1.06. The molecule has 0 aliphatic rings. The van der Waals surface area contributed by atoms with Gasteiger partial charge < -0.3 is 5.73 Å². The van der Waals surface area contributed by atoms with Crippen LogP contribution in [0.1, 0.15) is 25.3 Å². The maximum atomic E-state index is 13.1. The summed E-state index contributed by atoms with van der Waals surface area (Å²) in [5, 5.41) is 0. The molecule has 1 rings (SSSR count). The van der Waals surface area contributed by atoms with Crippen LogP contribution >= 0.6 is 0 Å². The fourth-order valence-corrected chi connectivity index (χ4v) is 2.84. The maximum Gasteiger partial charge on any atom is 0.501 e. The molecule has 0 amide bonds. The van der Waals surface area contributed by atoms with Crippen molar-refractivity contribution in [2.75, 3.05) is 0 Å². The third-order valence-corrected chi connectivity index (χ3v) is 4.33. The molecule has 0 spiro atoms. The van der Waals surface area contributed by atoms with Gasteiger partial charge in [-0.25, -0.2) is 12.8 Å². The van der Waals surface area contributed by atoms with E-state index in [2.05, 4.69) is 0 Å². The molecular weight excluding hydrogens is 298 g/mol.